The molecule has 1 aromatic carbocycles. The van der Waals surface area contributed by atoms with Crippen LogP contribution < -0.4 is 5.32 Å². The molecule has 2 aromatic heterocycles. The number of amides is 1. The van der Waals surface area contributed by atoms with E-state index in [4.69, 9.17) is 0 Å². The van der Waals surface area contributed by atoms with E-state index in [1.54, 1.807) is 4.68 Å². The number of benzene rings is 1. The fourth-order valence-corrected chi connectivity index (χ4v) is 3.42. The second kappa shape index (κ2) is 8.17. The summed E-state index contributed by atoms with van der Waals surface area (Å²) in [5, 5.41) is 24.3. The number of anilines is 1. The van der Waals surface area contributed by atoms with E-state index in [1.165, 1.54) is 28.7 Å². The highest BCUT2D eigenvalue weighted by Crippen LogP contribution is 2.20. The molecule has 0 fully saturated rings. The van der Waals surface area contributed by atoms with Crippen LogP contribution in [0.5, 0.6) is 0 Å². The highest BCUT2D eigenvalue weighted by Gasteiger charge is 2.13. The summed E-state index contributed by atoms with van der Waals surface area (Å²) in [4.78, 5) is 12.1. The second-order valence-electron chi connectivity index (χ2n) is 5.08. The number of rotatable bonds is 7. The molecular formula is C15H17N7OS2. The number of hydrogen-bond donors (Lipinski definition) is 1. The lowest BCUT2D eigenvalue weighted by atomic mass is 10.1. The largest absolute Gasteiger partial charge is 0.300 e. The van der Waals surface area contributed by atoms with Crippen LogP contribution in [0.4, 0.5) is 5.13 Å². The van der Waals surface area contributed by atoms with Crippen molar-refractivity contribution >= 4 is 34.1 Å². The summed E-state index contributed by atoms with van der Waals surface area (Å²) in [6.07, 6.45) is 1.77. The highest BCUT2D eigenvalue weighted by molar-refractivity contribution is 7.99. The molecular weight excluding hydrogens is 358 g/mol. The first-order valence-corrected chi connectivity index (χ1v) is 9.62. The Morgan fingerprint density at radius 2 is 1.96 bits per heavy atom. The molecule has 1 amide bonds. The molecule has 8 nitrogen and oxygen atoms in total. The van der Waals surface area contributed by atoms with Gasteiger partial charge >= 0.3 is 0 Å². The summed E-state index contributed by atoms with van der Waals surface area (Å²) in [6.45, 7) is 4.10. The third-order valence-corrected chi connectivity index (χ3v) is 5.28. The van der Waals surface area contributed by atoms with E-state index in [-0.39, 0.29) is 11.7 Å². The average Bonchev–Trinajstić information content (AvgIpc) is 3.29. The number of nitrogens with one attached hydrogen (secondary N) is 1. The number of aromatic nitrogens is 6. The van der Waals surface area contributed by atoms with E-state index >= 15 is 0 Å². The van der Waals surface area contributed by atoms with Gasteiger partial charge < -0.3 is 0 Å². The lowest BCUT2D eigenvalue weighted by molar-refractivity contribution is -0.113. The molecule has 0 aliphatic rings. The van der Waals surface area contributed by atoms with Crippen LogP contribution in [0.15, 0.2) is 29.4 Å². The molecule has 0 radical (unpaired) electrons. The fraction of sp³-hybridized carbons (Fsp3) is 0.333. The minimum absolute atomic E-state index is 0.167. The Hall–Kier alpha value is -2.33. The summed E-state index contributed by atoms with van der Waals surface area (Å²) >= 11 is 2.65. The summed E-state index contributed by atoms with van der Waals surface area (Å²) in [5.41, 5.74) is 2.11. The van der Waals surface area contributed by atoms with E-state index in [1.807, 2.05) is 31.2 Å². The Labute approximate surface area is 153 Å². The molecule has 0 unspecified atom stereocenters. The van der Waals surface area contributed by atoms with Crippen molar-refractivity contribution in [3.8, 4) is 5.69 Å². The van der Waals surface area contributed by atoms with Gasteiger partial charge in [0.2, 0.25) is 16.2 Å². The van der Waals surface area contributed by atoms with Crippen molar-refractivity contribution in [1.29, 1.82) is 0 Å². The highest BCUT2D eigenvalue weighted by atomic mass is 32.2. The number of hydrogen-bond acceptors (Lipinski definition) is 8. The van der Waals surface area contributed by atoms with Crippen molar-refractivity contribution in [2.24, 2.45) is 0 Å². The third-order valence-electron chi connectivity index (χ3n) is 3.38. The Balaban J connectivity index is 1.61. The molecule has 0 spiro atoms. The van der Waals surface area contributed by atoms with Gasteiger partial charge in [-0.15, -0.1) is 15.3 Å². The maximum Gasteiger partial charge on any atom is 0.236 e. The molecule has 2 heterocycles. The molecule has 0 saturated carbocycles. The van der Waals surface area contributed by atoms with Gasteiger partial charge in [-0.05, 0) is 41.0 Å². The SMILES string of the molecule is CCc1ccc(-n2nnnc2SCC(=O)Nc2nnc(CC)s2)cc1. The average molecular weight is 375 g/mol. The van der Waals surface area contributed by atoms with Crippen molar-refractivity contribution in [3.63, 3.8) is 0 Å². The zero-order chi connectivity index (χ0) is 17.6. The van der Waals surface area contributed by atoms with Gasteiger partial charge in [0.1, 0.15) is 5.01 Å². The Morgan fingerprint density at radius 3 is 2.64 bits per heavy atom. The predicted octanol–water partition coefficient (Wildman–Crippen LogP) is 2.37. The molecule has 25 heavy (non-hydrogen) atoms. The zero-order valence-electron chi connectivity index (χ0n) is 13.8. The first-order chi connectivity index (χ1) is 12.2. The van der Waals surface area contributed by atoms with E-state index in [0.717, 1.165) is 23.5 Å². The molecule has 0 bridgehead atoms. The third kappa shape index (κ3) is 4.40. The van der Waals surface area contributed by atoms with E-state index in [9.17, 15) is 4.79 Å². The lowest BCUT2D eigenvalue weighted by Gasteiger charge is -2.05. The summed E-state index contributed by atoms with van der Waals surface area (Å²) in [7, 11) is 0. The van der Waals surface area contributed by atoms with Gasteiger partial charge in [0.25, 0.3) is 0 Å². The van der Waals surface area contributed by atoms with E-state index in [0.29, 0.717) is 10.3 Å². The first kappa shape index (κ1) is 17.5. The number of thioether (sulfide) groups is 1. The molecule has 3 aromatic rings. The van der Waals surface area contributed by atoms with Crippen LogP contribution >= 0.6 is 23.1 Å². The van der Waals surface area contributed by atoms with Crippen LogP contribution in [-0.2, 0) is 17.6 Å². The van der Waals surface area contributed by atoms with Crippen LogP contribution in [-0.4, -0.2) is 42.1 Å². The van der Waals surface area contributed by atoms with Crippen molar-refractivity contribution in [1.82, 2.24) is 30.4 Å². The molecule has 0 aliphatic heterocycles. The number of nitrogens with zero attached hydrogens (tertiary/aromatic N) is 6. The van der Waals surface area contributed by atoms with Crippen LogP contribution in [0.3, 0.4) is 0 Å². The maximum absolute atomic E-state index is 12.1. The number of carbonyl (C=O) groups excluding carboxylic acids is 1. The van der Waals surface area contributed by atoms with Gasteiger partial charge in [-0.25, -0.2) is 0 Å². The van der Waals surface area contributed by atoms with E-state index in [2.05, 4.69) is 38.0 Å². The minimum Gasteiger partial charge on any atom is -0.300 e. The van der Waals surface area contributed by atoms with Crippen LogP contribution in [0, 0.1) is 0 Å². The Bertz CT molecular complexity index is 844. The quantitative estimate of drug-likeness (QED) is 0.633. The summed E-state index contributed by atoms with van der Waals surface area (Å²) < 4.78 is 1.62. The predicted molar refractivity (Wildman–Crippen MR) is 97.2 cm³/mol. The minimum atomic E-state index is -0.167. The zero-order valence-corrected chi connectivity index (χ0v) is 15.5. The number of aryl methyl sites for hydroxylation is 2. The molecule has 0 aliphatic carbocycles. The van der Waals surface area contributed by atoms with Gasteiger partial charge in [-0.3, -0.25) is 10.1 Å². The lowest BCUT2D eigenvalue weighted by Crippen LogP contribution is -2.14. The molecule has 3 rings (SSSR count). The topological polar surface area (TPSA) is 98.5 Å². The van der Waals surface area contributed by atoms with Gasteiger partial charge in [-0.2, -0.15) is 4.68 Å². The number of tetrazole rings is 1. The second-order valence-corrected chi connectivity index (χ2v) is 7.09. The maximum atomic E-state index is 12.1. The van der Waals surface area contributed by atoms with Gasteiger partial charge in [0, 0.05) is 0 Å². The Kier molecular flexibility index (Phi) is 5.71. The molecule has 10 heteroatoms. The smallest absolute Gasteiger partial charge is 0.236 e. The standard InChI is InChI=1S/C15H17N7OS2/c1-3-10-5-7-11(8-6-10)22-15(19-20-21-22)24-9-12(23)16-14-18-17-13(4-2)25-14/h5-8H,3-4,9H2,1-2H3,(H,16,18,23). The normalized spacial score (nSPS) is 10.8. The van der Waals surface area contributed by atoms with Crippen molar-refractivity contribution in [2.75, 3.05) is 11.1 Å². The fourth-order valence-electron chi connectivity index (χ4n) is 2.04. The first-order valence-electron chi connectivity index (χ1n) is 7.82. The van der Waals surface area contributed by atoms with Crippen LogP contribution in [0.1, 0.15) is 24.4 Å². The van der Waals surface area contributed by atoms with Gasteiger partial charge in [0.15, 0.2) is 0 Å². The van der Waals surface area contributed by atoms with Gasteiger partial charge in [0.05, 0.1) is 11.4 Å². The van der Waals surface area contributed by atoms with Crippen molar-refractivity contribution < 1.29 is 4.79 Å². The van der Waals surface area contributed by atoms with Crippen molar-refractivity contribution in [2.45, 2.75) is 31.8 Å². The monoisotopic (exact) mass is 375 g/mol. The Morgan fingerprint density at radius 1 is 1.16 bits per heavy atom. The molecule has 1 N–H and O–H groups in total. The molecule has 0 atom stereocenters. The molecule has 0 saturated heterocycles. The molecule has 130 valence electrons. The van der Waals surface area contributed by atoms with Crippen LogP contribution in [0.25, 0.3) is 5.69 Å². The summed E-state index contributed by atoms with van der Waals surface area (Å²) in [5.74, 6) is 0.0220. The van der Waals surface area contributed by atoms with Crippen LogP contribution in [0.2, 0.25) is 0 Å². The number of carbonyl (C=O) groups is 1. The van der Waals surface area contributed by atoms with Crippen molar-refractivity contribution in [3.05, 3.63) is 34.8 Å². The summed E-state index contributed by atoms with van der Waals surface area (Å²) in [6, 6.07) is 8.01. The van der Waals surface area contributed by atoms with Gasteiger partial charge in [-0.1, -0.05) is 49.1 Å². The van der Waals surface area contributed by atoms with E-state index < -0.39 is 0 Å².